The molecule has 8 nitrogen and oxygen atoms in total. The molecule has 2 atom stereocenters. The first kappa shape index (κ1) is 18.6. The number of nitrogens with two attached hydrogens (primary N) is 1. The summed E-state index contributed by atoms with van der Waals surface area (Å²) in [7, 11) is 3.54. The molecule has 5 heterocycles. The van der Waals surface area contributed by atoms with Crippen molar-refractivity contribution in [3.63, 3.8) is 0 Å². The summed E-state index contributed by atoms with van der Waals surface area (Å²) in [4.78, 5) is 23.6. The van der Waals surface area contributed by atoms with Gasteiger partial charge >= 0.3 is 0 Å². The second-order valence-corrected chi connectivity index (χ2v) is 8.92. The van der Waals surface area contributed by atoms with Gasteiger partial charge in [-0.05, 0) is 31.7 Å². The number of hydrogen-bond donors (Lipinski definition) is 2. The number of halogens is 1. The normalized spacial score (nSPS) is 23.4. The van der Waals surface area contributed by atoms with E-state index in [0.717, 1.165) is 31.1 Å². The lowest BCUT2D eigenvalue weighted by atomic mass is 9.98. The fourth-order valence-corrected chi connectivity index (χ4v) is 5.52. The Labute approximate surface area is 177 Å². The van der Waals surface area contributed by atoms with E-state index in [-0.39, 0.29) is 11.6 Å². The van der Waals surface area contributed by atoms with Gasteiger partial charge in [-0.1, -0.05) is 0 Å². The number of benzene rings is 1. The van der Waals surface area contributed by atoms with Crippen LogP contribution in [0.4, 0.5) is 10.3 Å². The zero-order valence-corrected chi connectivity index (χ0v) is 17.5. The highest BCUT2D eigenvalue weighted by atomic mass is 19.1. The molecule has 1 aromatic carbocycles. The molecule has 2 fully saturated rings. The number of aromatic amines is 1. The molecule has 0 aliphatic carbocycles. The van der Waals surface area contributed by atoms with Crippen molar-refractivity contribution >= 4 is 27.9 Å². The van der Waals surface area contributed by atoms with E-state index in [1.54, 1.807) is 35.6 Å². The Kier molecular flexibility index (Phi) is 3.83. The monoisotopic (exact) mass is 421 g/mol. The topological polar surface area (TPSA) is 97.8 Å². The molecular weight excluding hydrogens is 397 g/mol. The Bertz CT molecular complexity index is 1390. The minimum atomic E-state index is -0.415. The highest BCUT2D eigenvalue weighted by molar-refractivity contribution is 5.96. The predicted octanol–water partition coefficient (Wildman–Crippen LogP) is 2.41. The van der Waals surface area contributed by atoms with E-state index >= 15 is 0 Å². The molecule has 9 heteroatoms. The van der Waals surface area contributed by atoms with Gasteiger partial charge in [0.1, 0.15) is 11.5 Å². The zero-order chi connectivity index (χ0) is 21.4. The smallest absolute Gasteiger partial charge is 0.264 e. The highest BCUT2D eigenvalue weighted by Crippen LogP contribution is 2.38. The quantitative estimate of drug-likeness (QED) is 0.518. The summed E-state index contributed by atoms with van der Waals surface area (Å²) in [5, 5.41) is 5.47. The lowest BCUT2D eigenvalue weighted by molar-refractivity contribution is 0.405. The third kappa shape index (κ3) is 2.65. The lowest BCUT2D eigenvalue weighted by Crippen LogP contribution is -2.49. The van der Waals surface area contributed by atoms with Gasteiger partial charge in [-0.15, -0.1) is 0 Å². The van der Waals surface area contributed by atoms with Crippen molar-refractivity contribution in [2.75, 3.05) is 4.90 Å². The van der Waals surface area contributed by atoms with Gasteiger partial charge in [0.2, 0.25) is 5.95 Å². The molecular formula is C22H24FN7O. The maximum absolute atomic E-state index is 15.0. The summed E-state index contributed by atoms with van der Waals surface area (Å²) in [5.74, 6) is 0.245. The fraction of sp³-hybridized carbons (Fsp3) is 0.409. The molecule has 2 bridgehead atoms. The number of anilines is 1. The zero-order valence-electron chi connectivity index (χ0n) is 17.5. The predicted molar refractivity (Wildman–Crippen MR) is 117 cm³/mol. The molecule has 2 unspecified atom stereocenters. The average molecular weight is 421 g/mol. The van der Waals surface area contributed by atoms with Crippen molar-refractivity contribution < 1.29 is 4.39 Å². The number of piperidine rings is 1. The highest BCUT2D eigenvalue weighted by Gasteiger charge is 2.41. The molecule has 0 saturated carbocycles. The van der Waals surface area contributed by atoms with Crippen molar-refractivity contribution in [1.29, 1.82) is 0 Å². The number of rotatable bonds is 2. The van der Waals surface area contributed by atoms with Crippen molar-refractivity contribution in [3.8, 4) is 11.1 Å². The summed E-state index contributed by atoms with van der Waals surface area (Å²) < 4.78 is 18.2. The van der Waals surface area contributed by atoms with Gasteiger partial charge in [0.25, 0.3) is 5.56 Å². The average Bonchev–Trinajstić information content (AvgIpc) is 3.37. The van der Waals surface area contributed by atoms with Crippen LogP contribution < -0.4 is 16.2 Å². The summed E-state index contributed by atoms with van der Waals surface area (Å²) in [6, 6.07) is 3.97. The molecule has 2 saturated heterocycles. The van der Waals surface area contributed by atoms with Crippen LogP contribution in [-0.4, -0.2) is 42.4 Å². The Morgan fingerprint density at radius 3 is 2.65 bits per heavy atom. The fourth-order valence-electron chi connectivity index (χ4n) is 5.52. The molecule has 2 aliphatic heterocycles. The van der Waals surface area contributed by atoms with Crippen LogP contribution in [0.5, 0.6) is 0 Å². The maximum atomic E-state index is 15.0. The first-order valence-electron chi connectivity index (χ1n) is 10.7. The van der Waals surface area contributed by atoms with Crippen LogP contribution in [0.2, 0.25) is 0 Å². The number of aromatic nitrogens is 5. The molecule has 3 aromatic heterocycles. The first-order chi connectivity index (χ1) is 14.9. The number of aryl methyl sites for hydroxylation is 1. The van der Waals surface area contributed by atoms with Crippen LogP contribution in [0.3, 0.4) is 0 Å². The molecule has 160 valence electrons. The van der Waals surface area contributed by atoms with Crippen molar-refractivity contribution in [2.45, 2.75) is 43.8 Å². The third-order valence-corrected chi connectivity index (χ3v) is 6.89. The molecule has 3 N–H and O–H groups in total. The maximum Gasteiger partial charge on any atom is 0.264 e. The van der Waals surface area contributed by atoms with Gasteiger partial charge < -0.3 is 15.6 Å². The molecule has 0 radical (unpaired) electrons. The second kappa shape index (κ2) is 6.40. The Morgan fingerprint density at radius 1 is 1.16 bits per heavy atom. The van der Waals surface area contributed by atoms with E-state index in [2.05, 4.69) is 15.0 Å². The molecule has 31 heavy (non-hydrogen) atoms. The van der Waals surface area contributed by atoms with Gasteiger partial charge in [0.15, 0.2) is 0 Å². The van der Waals surface area contributed by atoms with Crippen molar-refractivity contribution in [2.24, 2.45) is 19.8 Å². The Morgan fingerprint density at radius 2 is 1.90 bits per heavy atom. The van der Waals surface area contributed by atoms with Gasteiger partial charge in [-0.2, -0.15) is 10.1 Å². The van der Waals surface area contributed by atoms with Gasteiger partial charge in [-0.3, -0.25) is 14.0 Å². The van der Waals surface area contributed by atoms with Gasteiger partial charge in [0, 0.05) is 67.2 Å². The van der Waals surface area contributed by atoms with Crippen molar-refractivity contribution in [3.05, 3.63) is 40.7 Å². The molecule has 0 spiro atoms. The minimum absolute atomic E-state index is 0.184. The second-order valence-electron chi connectivity index (χ2n) is 8.92. The number of hydrogen-bond acceptors (Lipinski definition) is 5. The number of nitrogens with one attached hydrogen (secondary N) is 1. The van der Waals surface area contributed by atoms with E-state index in [9.17, 15) is 9.18 Å². The molecule has 6 rings (SSSR count). The lowest BCUT2D eigenvalue weighted by Gasteiger charge is -2.38. The van der Waals surface area contributed by atoms with Gasteiger partial charge in [-0.25, -0.2) is 4.39 Å². The first-order valence-corrected chi connectivity index (χ1v) is 10.7. The largest absolute Gasteiger partial charge is 0.345 e. The standard InChI is InChI=1S/C22H24FN7O/c1-28-10-11-5-15(17(23)8-18(11)27-28)16-9-25-20-19(16)21(31)29(2)22(26-20)30-13-3-4-14(30)7-12(24)6-13/h5,8-10,12-14,25H,3-4,6-7,24H2,1-2H3. The molecule has 2 aliphatic rings. The van der Waals surface area contributed by atoms with Crippen LogP contribution >= 0.6 is 0 Å². The number of fused-ring (bicyclic) bond motifs is 4. The summed E-state index contributed by atoms with van der Waals surface area (Å²) in [5.41, 5.74) is 7.97. The van der Waals surface area contributed by atoms with E-state index < -0.39 is 5.82 Å². The van der Waals surface area contributed by atoms with Crippen LogP contribution in [0.25, 0.3) is 33.1 Å². The van der Waals surface area contributed by atoms with E-state index in [1.807, 2.05) is 6.20 Å². The van der Waals surface area contributed by atoms with Crippen LogP contribution in [0, 0.1) is 5.82 Å². The summed E-state index contributed by atoms with van der Waals surface area (Å²) >= 11 is 0. The van der Waals surface area contributed by atoms with Crippen LogP contribution in [0.1, 0.15) is 25.7 Å². The van der Waals surface area contributed by atoms with Crippen molar-refractivity contribution in [1.82, 2.24) is 24.3 Å². The van der Waals surface area contributed by atoms with Crippen LogP contribution in [0.15, 0.2) is 29.3 Å². The van der Waals surface area contributed by atoms with Crippen LogP contribution in [-0.2, 0) is 14.1 Å². The van der Waals surface area contributed by atoms with E-state index in [4.69, 9.17) is 10.7 Å². The van der Waals surface area contributed by atoms with E-state index in [1.165, 1.54) is 6.07 Å². The molecule has 4 aromatic rings. The SMILES string of the molecule is Cn1cc2cc(-c3c[nH]c4nc(N5C6CCC5CC(N)C6)n(C)c(=O)c34)c(F)cc2n1. The Balaban J connectivity index is 1.52. The number of H-pyrrole nitrogens is 1. The third-order valence-electron chi connectivity index (χ3n) is 6.89. The molecule has 0 amide bonds. The Hall–Kier alpha value is -3.20. The summed E-state index contributed by atoms with van der Waals surface area (Å²) in [6.07, 6.45) is 7.47. The minimum Gasteiger partial charge on any atom is -0.345 e. The summed E-state index contributed by atoms with van der Waals surface area (Å²) in [6.45, 7) is 0. The van der Waals surface area contributed by atoms with E-state index in [0.29, 0.717) is 45.7 Å². The van der Waals surface area contributed by atoms with Gasteiger partial charge in [0.05, 0.1) is 10.9 Å². The number of nitrogens with zero attached hydrogens (tertiary/aromatic N) is 5.